The van der Waals surface area contributed by atoms with Gasteiger partial charge in [-0.2, -0.15) is 0 Å². The molecule has 0 amide bonds. The van der Waals surface area contributed by atoms with Crippen molar-refractivity contribution in [1.29, 1.82) is 0 Å². The van der Waals surface area contributed by atoms with E-state index in [4.69, 9.17) is 10.5 Å². The molecule has 0 aliphatic carbocycles. The summed E-state index contributed by atoms with van der Waals surface area (Å²) in [5, 5.41) is 0. The third kappa shape index (κ3) is 2.48. The molecule has 0 aromatic heterocycles. The van der Waals surface area contributed by atoms with Crippen molar-refractivity contribution in [3.05, 3.63) is 29.3 Å². The van der Waals surface area contributed by atoms with Crippen LogP contribution >= 0.6 is 0 Å². The van der Waals surface area contributed by atoms with Gasteiger partial charge in [0.15, 0.2) is 0 Å². The highest BCUT2D eigenvalue weighted by Gasteiger charge is 2.07. The van der Waals surface area contributed by atoms with Gasteiger partial charge in [-0.3, -0.25) is 0 Å². The van der Waals surface area contributed by atoms with Crippen molar-refractivity contribution in [1.82, 2.24) is 0 Å². The Morgan fingerprint density at radius 2 is 2.14 bits per heavy atom. The van der Waals surface area contributed by atoms with Crippen LogP contribution in [-0.2, 0) is 0 Å². The molecular weight excluding hydrogens is 174 g/mol. The molecule has 0 saturated carbocycles. The lowest BCUT2D eigenvalue weighted by Crippen LogP contribution is -2.05. The van der Waals surface area contributed by atoms with Gasteiger partial charge < -0.3 is 10.5 Å². The van der Waals surface area contributed by atoms with Gasteiger partial charge in [-0.25, -0.2) is 0 Å². The van der Waals surface area contributed by atoms with Crippen LogP contribution in [0.5, 0.6) is 5.75 Å². The van der Waals surface area contributed by atoms with E-state index in [0.29, 0.717) is 5.92 Å². The highest BCUT2D eigenvalue weighted by atomic mass is 16.5. The van der Waals surface area contributed by atoms with Crippen molar-refractivity contribution in [2.24, 2.45) is 5.73 Å². The lowest BCUT2D eigenvalue weighted by molar-refractivity contribution is 0.414. The number of benzene rings is 1. The van der Waals surface area contributed by atoms with Gasteiger partial charge in [0, 0.05) is 0 Å². The Kier molecular flexibility index (Phi) is 3.96. The summed E-state index contributed by atoms with van der Waals surface area (Å²) >= 11 is 0. The number of hydrogen-bond donors (Lipinski definition) is 1. The van der Waals surface area contributed by atoms with Gasteiger partial charge in [0.1, 0.15) is 5.75 Å². The minimum absolute atomic E-state index is 0.533. The Labute approximate surface area is 86.1 Å². The van der Waals surface area contributed by atoms with Crippen LogP contribution in [0.4, 0.5) is 0 Å². The third-order valence-corrected chi connectivity index (χ3v) is 2.61. The van der Waals surface area contributed by atoms with Crippen LogP contribution < -0.4 is 10.5 Å². The van der Waals surface area contributed by atoms with Crippen LogP contribution in [0.2, 0.25) is 0 Å². The smallest absolute Gasteiger partial charge is 0.119 e. The Balaban J connectivity index is 2.88. The number of rotatable bonds is 4. The molecule has 0 spiro atoms. The first-order valence-corrected chi connectivity index (χ1v) is 5.03. The first kappa shape index (κ1) is 11.1. The number of ether oxygens (including phenoxy) is 1. The molecule has 0 aliphatic rings. The second-order valence-electron chi connectivity index (χ2n) is 3.70. The quantitative estimate of drug-likeness (QED) is 0.797. The van der Waals surface area contributed by atoms with E-state index in [1.165, 1.54) is 11.1 Å². The molecule has 0 bridgehead atoms. The fraction of sp³-hybridized carbons (Fsp3) is 0.500. The van der Waals surface area contributed by atoms with Crippen LogP contribution in [0, 0.1) is 6.92 Å². The summed E-state index contributed by atoms with van der Waals surface area (Å²) in [5.74, 6) is 1.46. The van der Waals surface area contributed by atoms with Gasteiger partial charge in [-0.1, -0.05) is 13.0 Å². The highest BCUT2D eigenvalue weighted by molar-refractivity contribution is 5.36. The molecule has 1 rings (SSSR count). The summed E-state index contributed by atoms with van der Waals surface area (Å²) < 4.78 is 5.17. The molecule has 2 nitrogen and oxygen atoms in total. The molecule has 1 unspecified atom stereocenters. The highest BCUT2D eigenvalue weighted by Crippen LogP contribution is 2.25. The molecule has 1 aromatic rings. The van der Waals surface area contributed by atoms with Crippen LogP contribution in [0.3, 0.4) is 0 Å². The summed E-state index contributed by atoms with van der Waals surface area (Å²) in [5.41, 5.74) is 8.20. The fourth-order valence-electron chi connectivity index (χ4n) is 1.73. The minimum atomic E-state index is 0.533. The van der Waals surface area contributed by atoms with E-state index < -0.39 is 0 Å². The van der Waals surface area contributed by atoms with Gasteiger partial charge in [-0.15, -0.1) is 0 Å². The van der Waals surface area contributed by atoms with E-state index in [2.05, 4.69) is 26.0 Å². The van der Waals surface area contributed by atoms with E-state index >= 15 is 0 Å². The topological polar surface area (TPSA) is 35.2 Å². The summed E-state index contributed by atoms with van der Waals surface area (Å²) in [6.07, 6.45) is 1.03. The zero-order valence-electron chi connectivity index (χ0n) is 9.21. The van der Waals surface area contributed by atoms with Crippen LogP contribution in [0.25, 0.3) is 0 Å². The van der Waals surface area contributed by atoms with Crippen molar-refractivity contribution >= 4 is 0 Å². The number of aryl methyl sites for hydroxylation is 1. The van der Waals surface area contributed by atoms with Crippen molar-refractivity contribution < 1.29 is 4.74 Å². The first-order chi connectivity index (χ1) is 6.69. The van der Waals surface area contributed by atoms with Crippen LogP contribution in [0.15, 0.2) is 18.2 Å². The molecule has 0 radical (unpaired) electrons. The van der Waals surface area contributed by atoms with Crippen LogP contribution in [0.1, 0.15) is 30.4 Å². The monoisotopic (exact) mass is 193 g/mol. The van der Waals surface area contributed by atoms with Gasteiger partial charge >= 0.3 is 0 Å². The molecule has 2 N–H and O–H groups in total. The molecule has 2 heteroatoms. The second-order valence-corrected chi connectivity index (χ2v) is 3.70. The van der Waals surface area contributed by atoms with Crippen molar-refractivity contribution in [2.75, 3.05) is 13.7 Å². The molecule has 0 saturated heterocycles. The van der Waals surface area contributed by atoms with Crippen molar-refractivity contribution in [3.8, 4) is 5.75 Å². The van der Waals surface area contributed by atoms with Crippen molar-refractivity contribution in [3.63, 3.8) is 0 Å². The summed E-state index contributed by atoms with van der Waals surface area (Å²) in [6.45, 7) is 5.07. The van der Waals surface area contributed by atoms with E-state index in [9.17, 15) is 0 Å². The maximum Gasteiger partial charge on any atom is 0.119 e. The van der Waals surface area contributed by atoms with Gasteiger partial charge in [-0.05, 0) is 49.1 Å². The molecule has 14 heavy (non-hydrogen) atoms. The van der Waals surface area contributed by atoms with Gasteiger partial charge in [0.05, 0.1) is 7.11 Å². The van der Waals surface area contributed by atoms with Crippen LogP contribution in [-0.4, -0.2) is 13.7 Å². The predicted octanol–water partition coefficient (Wildman–Crippen LogP) is 2.46. The lowest BCUT2D eigenvalue weighted by atomic mass is 9.94. The Hall–Kier alpha value is -1.02. The maximum atomic E-state index is 5.55. The fourth-order valence-corrected chi connectivity index (χ4v) is 1.73. The first-order valence-electron chi connectivity index (χ1n) is 5.03. The van der Waals surface area contributed by atoms with Gasteiger partial charge in [0.2, 0.25) is 0 Å². The summed E-state index contributed by atoms with van der Waals surface area (Å²) in [6, 6.07) is 6.21. The zero-order chi connectivity index (χ0) is 10.6. The predicted molar refractivity (Wildman–Crippen MR) is 59.8 cm³/mol. The average molecular weight is 193 g/mol. The summed E-state index contributed by atoms with van der Waals surface area (Å²) in [4.78, 5) is 0. The van der Waals surface area contributed by atoms with Gasteiger partial charge in [0.25, 0.3) is 0 Å². The third-order valence-electron chi connectivity index (χ3n) is 2.61. The standard InChI is InChI=1S/C12H19NO/c1-9(6-7-13)12-5-4-11(14-3)8-10(12)2/h4-5,8-9H,6-7,13H2,1-3H3. The normalized spacial score (nSPS) is 12.6. The van der Waals surface area contributed by atoms with E-state index in [1.807, 2.05) is 6.07 Å². The molecular formula is C12H19NO. The van der Waals surface area contributed by atoms with E-state index in [-0.39, 0.29) is 0 Å². The Morgan fingerprint density at radius 3 is 2.64 bits per heavy atom. The number of methoxy groups -OCH3 is 1. The molecule has 1 atom stereocenters. The summed E-state index contributed by atoms with van der Waals surface area (Å²) in [7, 11) is 1.69. The minimum Gasteiger partial charge on any atom is -0.497 e. The molecule has 0 heterocycles. The van der Waals surface area contributed by atoms with E-state index in [1.54, 1.807) is 7.11 Å². The lowest BCUT2D eigenvalue weighted by Gasteiger charge is -2.14. The average Bonchev–Trinajstić information content (AvgIpc) is 2.17. The second kappa shape index (κ2) is 5.01. The number of hydrogen-bond acceptors (Lipinski definition) is 2. The molecule has 0 fully saturated rings. The Bertz CT molecular complexity index is 296. The SMILES string of the molecule is COc1ccc(C(C)CCN)c(C)c1. The maximum absolute atomic E-state index is 5.55. The number of nitrogens with two attached hydrogens (primary N) is 1. The molecule has 1 aromatic carbocycles. The zero-order valence-corrected chi connectivity index (χ0v) is 9.21. The largest absolute Gasteiger partial charge is 0.497 e. The van der Waals surface area contributed by atoms with Crippen molar-refractivity contribution in [2.45, 2.75) is 26.2 Å². The molecule has 78 valence electrons. The Morgan fingerprint density at radius 1 is 1.43 bits per heavy atom. The van der Waals surface area contributed by atoms with E-state index in [0.717, 1.165) is 18.7 Å². The molecule has 0 aliphatic heterocycles.